The average molecular weight is 441 g/mol. The van der Waals surface area contributed by atoms with Crippen molar-refractivity contribution in [3.8, 4) is 11.5 Å². The number of hydrogen-bond donors (Lipinski definition) is 0. The molecule has 8 nitrogen and oxygen atoms in total. The van der Waals surface area contributed by atoms with Gasteiger partial charge in [0.15, 0.2) is 17.2 Å². The van der Waals surface area contributed by atoms with Crippen molar-refractivity contribution >= 4 is 5.91 Å². The summed E-state index contributed by atoms with van der Waals surface area (Å²) in [5.41, 5.74) is 1.68. The molecule has 0 bridgehead atoms. The standard InChI is InChI=1S/C24H32N4O4/c1-18-4-2-3-7-28(18)24(29)20-17-32-23(25-20)16-27-10-8-26(9-11-27)15-19-5-6-21-22(14-19)31-13-12-30-21/h5-6,14,17-18H,2-4,7-13,15-16H2,1H3. The quantitative estimate of drug-likeness (QED) is 0.708. The second-order valence-corrected chi connectivity index (χ2v) is 9.00. The van der Waals surface area contributed by atoms with Crippen LogP contribution in [-0.4, -0.2) is 77.6 Å². The highest BCUT2D eigenvalue weighted by Gasteiger charge is 2.27. The van der Waals surface area contributed by atoms with E-state index in [0.717, 1.165) is 63.6 Å². The van der Waals surface area contributed by atoms with E-state index in [1.54, 1.807) is 0 Å². The molecule has 3 aliphatic rings. The number of carbonyl (C=O) groups is 1. The minimum Gasteiger partial charge on any atom is -0.486 e. The maximum atomic E-state index is 12.8. The van der Waals surface area contributed by atoms with Gasteiger partial charge in [-0.15, -0.1) is 0 Å². The first-order chi connectivity index (χ1) is 15.7. The smallest absolute Gasteiger partial charge is 0.276 e. The molecular weight excluding hydrogens is 408 g/mol. The molecule has 1 unspecified atom stereocenters. The number of hydrogen-bond acceptors (Lipinski definition) is 7. The Morgan fingerprint density at radius 3 is 2.53 bits per heavy atom. The topological polar surface area (TPSA) is 71.3 Å². The summed E-state index contributed by atoms with van der Waals surface area (Å²) in [7, 11) is 0. The lowest BCUT2D eigenvalue weighted by atomic mass is 10.0. The lowest BCUT2D eigenvalue weighted by Crippen LogP contribution is -2.45. The maximum absolute atomic E-state index is 12.8. The Morgan fingerprint density at radius 2 is 1.75 bits per heavy atom. The first-order valence-corrected chi connectivity index (χ1v) is 11.7. The first kappa shape index (κ1) is 21.3. The van der Waals surface area contributed by atoms with Crippen LogP contribution >= 0.6 is 0 Å². The van der Waals surface area contributed by atoms with Crippen molar-refractivity contribution in [2.24, 2.45) is 0 Å². The van der Waals surface area contributed by atoms with Crippen molar-refractivity contribution < 1.29 is 18.7 Å². The van der Waals surface area contributed by atoms with E-state index < -0.39 is 0 Å². The molecule has 4 heterocycles. The summed E-state index contributed by atoms with van der Waals surface area (Å²) >= 11 is 0. The van der Waals surface area contributed by atoms with Crippen molar-refractivity contribution in [3.63, 3.8) is 0 Å². The number of ether oxygens (including phenoxy) is 2. The first-order valence-electron chi connectivity index (χ1n) is 11.7. The molecule has 8 heteroatoms. The molecule has 2 saturated heterocycles. The molecule has 172 valence electrons. The summed E-state index contributed by atoms with van der Waals surface area (Å²) in [6.45, 7) is 9.54. The largest absolute Gasteiger partial charge is 0.486 e. The molecule has 3 aliphatic heterocycles. The van der Waals surface area contributed by atoms with Crippen LogP contribution in [0.15, 0.2) is 28.9 Å². The second kappa shape index (κ2) is 9.50. The van der Waals surface area contributed by atoms with Crippen LogP contribution in [-0.2, 0) is 13.1 Å². The van der Waals surface area contributed by atoms with Gasteiger partial charge in [-0.2, -0.15) is 0 Å². The van der Waals surface area contributed by atoms with E-state index in [9.17, 15) is 4.79 Å². The Balaban J connectivity index is 1.11. The zero-order chi connectivity index (χ0) is 21.9. The fraction of sp³-hybridized carbons (Fsp3) is 0.583. The van der Waals surface area contributed by atoms with Crippen LogP contribution in [0.4, 0.5) is 0 Å². The molecule has 32 heavy (non-hydrogen) atoms. The number of oxazole rings is 1. The van der Waals surface area contributed by atoms with E-state index in [-0.39, 0.29) is 11.9 Å². The van der Waals surface area contributed by atoms with Gasteiger partial charge in [-0.25, -0.2) is 4.98 Å². The molecule has 2 aromatic rings. The molecule has 0 aliphatic carbocycles. The zero-order valence-corrected chi connectivity index (χ0v) is 18.8. The highest BCUT2D eigenvalue weighted by Crippen LogP contribution is 2.31. The summed E-state index contributed by atoms with van der Waals surface area (Å²) in [5.74, 6) is 2.30. The summed E-state index contributed by atoms with van der Waals surface area (Å²) in [4.78, 5) is 24.0. The van der Waals surface area contributed by atoms with Crippen molar-refractivity contribution in [1.29, 1.82) is 0 Å². The zero-order valence-electron chi connectivity index (χ0n) is 18.8. The van der Waals surface area contributed by atoms with Crippen molar-refractivity contribution in [3.05, 3.63) is 41.6 Å². The number of rotatable bonds is 5. The number of piperazine rings is 1. The third kappa shape index (κ3) is 4.76. The molecular formula is C24H32N4O4. The van der Waals surface area contributed by atoms with Gasteiger partial charge in [0.2, 0.25) is 5.89 Å². The summed E-state index contributed by atoms with van der Waals surface area (Å²) < 4.78 is 17.0. The van der Waals surface area contributed by atoms with Gasteiger partial charge < -0.3 is 18.8 Å². The number of benzene rings is 1. The van der Waals surface area contributed by atoms with E-state index in [2.05, 4.69) is 33.8 Å². The predicted molar refractivity (Wildman–Crippen MR) is 119 cm³/mol. The Kier molecular flexibility index (Phi) is 6.32. The molecule has 1 aromatic heterocycles. The summed E-state index contributed by atoms with van der Waals surface area (Å²) in [6, 6.07) is 6.49. The lowest BCUT2D eigenvalue weighted by Gasteiger charge is -2.34. The maximum Gasteiger partial charge on any atom is 0.276 e. The lowest BCUT2D eigenvalue weighted by molar-refractivity contribution is 0.0629. The second-order valence-electron chi connectivity index (χ2n) is 9.00. The normalized spacial score (nSPS) is 22.2. The molecule has 2 fully saturated rings. The van der Waals surface area contributed by atoms with Crippen LogP contribution in [0.2, 0.25) is 0 Å². The predicted octanol–water partition coefficient (Wildman–Crippen LogP) is 2.78. The number of amides is 1. The van der Waals surface area contributed by atoms with Gasteiger partial charge in [0.25, 0.3) is 5.91 Å². The number of piperidine rings is 1. The third-order valence-corrected chi connectivity index (χ3v) is 6.67. The van der Waals surface area contributed by atoms with Gasteiger partial charge in [-0.1, -0.05) is 6.07 Å². The van der Waals surface area contributed by atoms with Crippen LogP contribution < -0.4 is 9.47 Å². The van der Waals surface area contributed by atoms with E-state index in [1.165, 1.54) is 18.2 Å². The van der Waals surface area contributed by atoms with Crippen molar-refractivity contribution in [1.82, 2.24) is 19.7 Å². The minimum absolute atomic E-state index is 0.00329. The van der Waals surface area contributed by atoms with Crippen LogP contribution in [0, 0.1) is 0 Å². The Morgan fingerprint density at radius 1 is 1.00 bits per heavy atom. The number of aromatic nitrogens is 1. The van der Waals surface area contributed by atoms with Crippen molar-refractivity contribution in [2.45, 2.75) is 45.3 Å². The monoisotopic (exact) mass is 440 g/mol. The van der Waals surface area contributed by atoms with Gasteiger partial charge in [-0.3, -0.25) is 14.6 Å². The Bertz CT molecular complexity index is 938. The van der Waals surface area contributed by atoms with Crippen LogP contribution in [0.3, 0.4) is 0 Å². The van der Waals surface area contributed by atoms with Gasteiger partial charge in [0.1, 0.15) is 19.5 Å². The summed E-state index contributed by atoms with van der Waals surface area (Å²) in [6.07, 6.45) is 4.84. The molecule has 0 N–H and O–H groups in total. The SMILES string of the molecule is CC1CCCCN1C(=O)c1coc(CN2CCN(Cc3ccc4c(c3)OCCO4)CC2)n1. The molecule has 0 saturated carbocycles. The Hall–Kier alpha value is -2.58. The number of likely N-dealkylation sites (tertiary alicyclic amines) is 1. The van der Waals surface area contributed by atoms with Crippen LogP contribution in [0.1, 0.15) is 48.1 Å². The van der Waals surface area contributed by atoms with Gasteiger partial charge in [0.05, 0.1) is 6.54 Å². The van der Waals surface area contributed by atoms with Gasteiger partial charge in [-0.05, 0) is 43.9 Å². The third-order valence-electron chi connectivity index (χ3n) is 6.67. The Labute approximate surface area is 189 Å². The molecule has 1 amide bonds. The van der Waals surface area contributed by atoms with E-state index >= 15 is 0 Å². The van der Waals surface area contributed by atoms with Crippen LogP contribution in [0.5, 0.6) is 11.5 Å². The van der Waals surface area contributed by atoms with Gasteiger partial charge in [0, 0.05) is 45.3 Å². The van der Waals surface area contributed by atoms with Crippen LogP contribution in [0.25, 0.3) is 0 Å². The molecule has 1 atom stereocenters. The number of fused-ring (bicyclic) bond motifs is 1. The van der Waals surface area contributed by atoms with E-state index in [0.29, 0.717) is 31.3 Å². The fourth-order valence-electron chi connectivity index (χ4n) is 4.77. The summed E-state index contributed by atoms with van der Waals surface area (Å²) in [5, 5.41) is 0. The van der Waals surface area contributed by atoms with Crippen molar-refractivity contribution in [2.75, 3.05) is 45.9 Å². The molecule has 1 aromatic carbocycles. The molecule has 0 radical (unpaired) electrons. The highest BCUT2D eigenvalue weighted by molar-refractivity contribution is 5.92. The highest BCUT2D eigenvalue weighted by atomic mass is 16.6. The number of nitrogens with zero attached hydrogens (tertiary/aromatic N) is 4. The minimum atomic E-state index is -0.00329. The van der Waals surface area contributed by atoms with E-state index in [1.807, 2.05) is 11.0 Å². The average Bonchev–Trinajstić information content (AvgIpc) is 3.29. The number of carbonyl (C=O) groups excluding carboxylic acids is 1. The van der Waals surface area contributed by atoms with Gasteiger partial charge >= 0.3 is 0 Å². The van der Waals surface area contributed by atoms with E-state index in [4.69, 9.17) is 13.9 Å². The molecule has 0 spiro atoms. The fourth-order valence-corrected chi connectivity index (χ4v) is 4.77. The molecule has 5 rings (SSSR count).